The fraction of sp³-hybridized carbons (Fsp3) is 0.294. The van der Waals surface area contributed by atoms with Gasteiger partial charge in [0.05, 0.1) is 16.9 Å². The third kappa shape index (κ3) is 3.25. The molecule has 7 nitrogen and oxygen atoms in total. The molecule has 0 spiro atoms. The van der Waals surface area contributed by atoms with Gasteiger partial charge in [0.1, 0.15) is 11.6 Å². The minimum absolute atomic E-state index is 0.157. The summed E-state index contributed by atoms with van der Waals surface area (Å²) in [4.78, 5) is 41.6. The van der Waals surface area contributed by atoms with Crippen molar-refractivity contribution in [1.82, 2.24) is 19.4 Å². The zero-order chi connectivity index (χ0) is 18.0. The molecular formula is C17H18N4O3S. The van der Waals surface area contributed by atoms with E-state index in [2.05, 4.69) is 10.3 Å². The lowest BCUT2D eigenvalue weighted by Gasteiger charge is -2.15. The van der Waals surface area contributed by atoms with Crippen molar-refractivity contribution in [3.8, 4) is 0 Å². The van der Waals surface area contributed by atoms with Gasteiger partial charge in [-0.2, -0.15) is 0 Å². The van der Waals surface area contributed by atoms with Gasteiger partial charge in [-0.25, -0.2) is 9.78 Å². The molecule has 1 amide bonds. The minimum atomic E-state index is -0.483. The van der Waals surface area contributed by atoms with E-state index in [-0.39, 0.29) is 30.6 Å². The Balaban J connectivity index is 1.97. The molecule has 0 aliphatic heterocycles. The van der Waals surface area contributed by atoms with Crippen molar-refractivity contribution in [2.75, 3.05) is 0 Å². The Hall–Kier alpha value is -2.74. The summed E-state index contributed by atoms with van der Waals surface area (Å²) in [5, 5.41) is 5.89. The molecule has 130 valence electrons. The lowest BCUT2D eigenvalue weighted by atomic mass is 10.2. The van der Waals surface area contributed by atoms with Gasteiger partial charge >= 0.3 is 5.69 Å². The number of rotatable bonds is 5. The Morgan fingerprint density at radius 3 is 2.72 bits per heavy atom. The number of nitrogens with zero attached hydrogens (tertiary/aromatic N) is 3. The van der Waals surface area contributed by atoms with Crippen LogP contribution in [0.3, 0.4) is 0 Å². The summed E-state index contributed by atoms with van der Waals surface area (Å²) < 4.78 is 2.48. The molecule has 0 aliphatic rings. The molecule has 3 aromatic rings. The number of benzene rings is 1. The van der Waals surface area contributed by atoms with Gasteiger partial charge in [0, 0.05) is 18.1 Å². The molecule has 0 radical (unpaired) electrons. The van der Waals surface area contributed by atoms with Crippen molar-refractivity contribution in [2.45, 2.75) is 33.0 Å². The fourth-order valence-corrected chi connectivity index (χ4v) is 3.39. The van der Waals surface area contributed by atoms with Gasteiger partial charge in [-0.1, -0.05) is 12.1 Å². The lowest BCUT2D eigenvalue weighted by molar-refractivity contribution is -0.122. The van der Waals surface area contributed by atoms with E-state index in [9.17, 15) is 14.4 Å². The topological polar surface area (TPSA) is 86.0 Å². The van der Waals surface area contributed by atoms with Gasteiger partial charge < -0.3 is 5.32 Å². The number of para-hydroxylation sites is 1. The number of amides is 1. The summed E-state index contributed by atoms with van der Waals surface area (Å²) >= 11 is 1.45. The van der Waals surface area contributed by atoms with Crippen molar-refractivity contribution >= 4 is 28.1 Å². The highest BCUT2D eigenvalue weighted by Gasteiger charge is 2.16. The molecule has 2 heterocycles. The number of hydrogen-bond acceptors (Lipinski definition) is 5. The molecule has 0 fully saturated rings. The van der Waals surface area contributed by atoms with Gasteiger partial charge in [0.15, 0.2) is 0 Å². The molecule has 1 aromatic carbocycles. The first-order valence-corrected chi connectivity index (χ1v) is 8.82. The molecule has 0 aliphatic carbocycles. The minimum Gasteiger partial charge on any atom is -0.346 e. The van der Waals surface area contributed by atoms with E-state index in [1.54, 1.807) is 37.4 Å². The summed E-state index contributed by atoms with van der Waals surface area (Å²) in [6, 6.07) is 6.57. The maximum atomic E-state index is 12.6. The zero-order valence-corrected chi connectivity index (χ0v) is 14.7. The SMILES string of the molecule is CCn1c(=O)c2ccccc2n(CC(=O)NC(C)c2nccs2)c1=O. The number of fused-ring (bicyclic) bond motifs is 1. The number of nitrogens with one attached hydrogen (secondary N) is 1. The van der Waals surface area contributed by atoms with Crippen LogP contribution in [-0.2, 0) is 17.9 Å². The number of carbonyl (C=O) groups excluding carboxylic acids is 1. The quantitative estimate of drug-likeness (QED) is 0.749. The van der Waals surface area contributed by atoms with Crippen LogP contribution < -0.4 is 16.6 Å². The molecule has 2 aromatic heterocycles. The molecule has 0 saturated heterocycles. The summed E-state index contributed by atoms with van der Waals surface area (Å²) in [6.07, 6.45) is 1.68. The molecule has 1 N–H and O–H groups in total. The van der Waals surface area contributed by atoms with Crippen molar-refractivity contribution in [3.05, 3.63) is 61.7 Å². The second-order valence-corrected chi connectivity index (χ2v) is 6.52. The Bertz CT molecular complexity index is 1020. The lowest BCUT2D eigenvalue weighted by Crippen LogP contribution is -2.42. The number of hydrogen-bond donors (Lipinski definition) is 1. The average Bonchev–Trinajstić information content (AvgIpc) is 3.14. The molecule has 3 rings (SSSR count). The van der Waals surface area contributed by atoms with Gasteiger partial charge in [0.25, 0.3) is 5.56 Å². The molecule has 1 unspecified atom stereocenters. The Morgan fingerprint density at radius 1 is 1.28 bits per heavy atom. The Labute approximate surface area is 147 Å². The normalized spacial score (nSPS) is 12.2. The van der Waals surface area contributed by atoms with Crippen LogP contribution in [-0.4, -0.2) is 20.0 Å². The molecule has 0 bridgehead atoms. The van der Waals surface area contributed by atoms with Crippen LogP contribution in [0.25, 0.3) is 10.9 Å². The number of aromatic nitrogens is 3. The van der Waals surface area contributed by atoms with E-state index >= 15 is 0 Å². The monoisotopic (exact) mass is 358 g/mol. The van der Waals surface area contributed by atoms with Crippen molar-refractivity contribution in [1.29, 1.82) is 0 Å². The van der Waals surface area contributed by atoms with Crippen LogP contribution in [0.15, 0.2) is 45.4 Å². The molecule has 25 heavy (non-hydrogen) atoms. The first-order valence-electron chi connectivity index (χ1n) is 7.94. The third-order valence-electron chi connectivity index (χ3n) is 3.95. The molecular weight excluding hydrogens is 340 g/mol. The van der Waals surface area contributed by atoms with Crippen LogP contribution in [0, 0.1) is 0 Å². The standard InChI is InChI=1S/C17H18N4O3S/c1-3-20-16(23)12-6-4-5-7-13(12)21(17(20)24)10-14(22)19-11(2)15-18-8-9-25-15/h4-9,11H,3,10H2,1-2H3,(H,19,22). The fourth-order valence-electron chi connectivity index (χ4n) is 2.74. The van der Waals surface area contributed by atoms with E-state index in [0.717, 1.165) is 9.57 Å². The highest BCUT2D eigenvalue weighted by atomic mass is 32.1. The van der Waals surface area contributed by atoms with Crippen molar-refractivity contribution in [3.63, 3.8) is 0 Å². The summed E-state index contributed by atoms with van der Waals surface area (Å²) in [5.74, 6) is -0.309. The Kier molecular flexibility index (Phi) is 4.80. The predicted octanol–water partition coefficient (Wildman–Crippen LogP) is 1.52. The first kappa shape index (κ1) is 17.1. The predicted molar refractivity (Wildman–Crippen MR) is 96.8 cm³/mol. The van der Waals surface area contributed by atoms with Gasteiger partial charge in [0.2, 0.25) is 5.91 Å². The highest BCUT2D eigenvalue weighted by molar-refractivity contribution is 7.09. The second-order valence-electron chi connectivity index (χ2n) is 5.59. The van der Waals surface area contributed by atoms with E-state index in [1.807, 2.05) is 12.3 Å². The number of thiazole rings is 1. The van der Waals surface area contributed by atoms with E-state index in [0.29, 0.717) is 10.9 Å². The van der Waals surface area contributed by atoms with E-state index in [1.165, 1.54) is 15.9 Å². The smallest absolute Gasteiger partial charge is 0.331 e. The molecule has 1 atom stereocenters. The van der Waals surface area contributed by atoms with Crippen molar-refractivity contribution in [2.24, 2.45) is 0 Å². The summed E-state index contributed by atoms with van der Waals surface area (Å²) in [5.41, 5.74) is -0.363. The molecule has 8 heteroatoms. The van der Waals surface area contributed by atoms with E-state index in [4.69, 9.17) is 0 Å². The summed E-state index contributed by atoms with van der Waals surface area (Å²) in [6.45, 7) is 3.66. The zero-order valence-electron chi connectivity index (χ0n) is 13.9. The first-order chi connectivity index (χ1) is 12.0. The Morgan fingerprint density at radius 2 is 2.04 bits per heavy atom. The summed E-state index contributed by atoms with van der Waals surface area (Å²) in [7, 11) is 0. The van der Waals surface area contributed by atoms with Crippen LogP contribution in [0.5, 0.6) is 0 Å². The maximum absolute atomic E-state index is 12.6. The van der Waals surface area contributed by atoms with Gasteiger partial charge in [-0.3, -0.25) is 18.7 Å². The van der Waals surface area contributed by atoms with Gasteiger partial charge in [-0.15, -0.1) is 11.3 Å². The number of carbonyl (C=O) groups is 1. The van der Waals surface area contributed by atoms with Crippen LogP contribution in [0.2, 0.25) is 0 Å². The van der Waals surface area contributed by atoms with Crippen molar-refractivity contribution < 1.29 is 4.79 Å². The average molecular weight is 358 g/mol. The van der Waals surface area contributed by atoms with E-state index < -0.39 is 5.69 Å². The van der Waals surface area contributed by atoms with Crippen LogP contribution in [0.4, 0.5) is 0 Å². The second kappa shape index (κ2) is 7.02. The van der Waals surface area contributed by atoms with Gasteiger partial charge in [-0.05, 0) is 26.0 Å². The highest BCUT2D eigenvalue weighted by Crippen LogP contribution is 2.14. The largest absolute Gasteiger partial charge is 0.346 e. The molecule has 0 saturated carbocycles. The van der Waals surface area contributed by atoms with Crippen LogP contribution >= 0.6 is 11.3 Å². The maximum Gasteiger partial charge on any atom is 0.331 e. The third-order valence-corrected chi connectivity index (χ3v) is 4.91. The van der Waals surface area contributed by atoms with Crippen LogP contribution in [0.1, 0.15) is 24.9 Å².